The number of benzene rings is 3. The molecule has 1 atom stereocenters. The van der Waals surface area contributed by atoms with Crippen molar-refractivity contribution in [2.45, 2.75) is 13.0 Å². The van der Waals surface area contributed by atoms with Crippen molar-refractivity contribution >= 4 is 38.9 Å². The quantitative estimate of drug-likeness (QED) is 0.468. The van der Waals surface area contributed by atoms with Crippen LogP contribution in [0, 0.1) is 12.7 Å². The molecule has 0 bridgehead atoms. The SMILES string of the molecule is Cc1ccccc1C1NC(=O)c2cccc(NC(=O)c3csc4c(F)cccc34)c21. The molecule has 4 nitrogen and oxygen atoms in total. The van der Waals surface area contributed by atoms with E-state index in [0.29, 0.717) is 26.9 Å². The van der Waals surface area contributed by atoms with E-state index in [1.165, 1.54) is 17.4 Å². The largest absolute Gasteiger partial charge is 0.341 e. The summed E-state index contributed by atoms with van der Waals surface area (Å²) in [6, 6.07) is 17.5. The summed E-state index contributed by atoms with van der Waals surface area (Å²) in [7, 11) is 0. The van der Waals surface area contributed by atoms with Gasteiger partial charge in [0.1, 0.15) is 5.82 Å². The molecule has 1 aliphatic rings. The molecule has 6 heteroatoms. The lowest BCUT2D eigenvalue weighted by atomic mass is 9.93. The first-order chi connectivity index (χ1) is 14.5. The number of aryl methyl sites for hydroxylation is 1. The van der Waals surface area contributed by atoms with Gasteiger partial charge in [-0.3, -0.25) is 9.59 Å². The normalized spacial score (nSPS) is 15.1. The Morgan fingerprint density at radius 2 is 1.87 bits per heavy atom. The number of hydrogen-bond acceptors (Lipinski definition) is 3. The van der Waals surface area contributed by atoms with Gasteiger partial charge in [0, 0.05) is 27.6 Å². The summed E-state index contributed by atoms with van der Waals surface area (Å²) in [5.41, 5.74) is 4.31. The lowest BCUT2D eigenvalue weighted by Crippen LogP contribution is -2.21. The minimum absolute atomic E-state index is 0.169. The highest BCUT2D eigenvalue weighted by Crippen LogP contribution is 2.38. The van der Waals surface area contributed by atoms with Gasteiger partial charge in [-0.2, -0.15) is 0 Å². The Kier molecular flexibility index (Phi) is 4.37. The summed E-state index contributed by atoms with van der Waals surface area (Å²) in [6.45, 7) is 1.99. The third kappa shape index (κ3) is 2.88. The van der Waals surface area contributed by atoms with Crippen molar-refractivity contribution in [3.05, 3.63) is 99.7 Å². The summed E-state index contributed by atoms with van der Waals surface area (Å²) in [5, 5.41) is 8.21. The molecule has 30 heavy (non-hydrogen) atoms. The number of anilines is 1. The van der Waals surface area contributed by atoms with Gasteiger partial charge in [-0.25, -0.2) is 4.39 Å². The number of carbonyl (C=O) groups is 2. The summed E-state index contributed by atoms with van der Waals surface area (Å²) in [6.07, 6.45) is 0. The number of carbonyl (C=O) groups excluding carboxylic acids is 2. The van der Waals surface area contributed by atoms with Gasteiger partial charge in [0.05, 0.1) is 16.3 Å². The van der Waals surface area contributed by atoms with Crippen LogP contribution in [0.2, 0.25) is 0 Å². The highest BCUT2D eigenvalue weighted by Gasteiger charge is 2.33. The number of hydrogen-bond donors (Lipinski definition) is 2. The van der Waals surface area contributed by atoms with Gasteiger partial charge in [-0.1, -0.05) is 42.5 Å². The second-order valence-corrected chi connectivity index (χ2v) is 8.13. The van der Waals surface area contributed by atoms with E-state index in [2.05, 4.69) is 10.6 Å². The average molecular weight is 416 g/mol. The van der Waals surface area contributed by atoms with Crippen molar-refractivity contribution in [3.63, 3.8) is 0 Å². The molecule has 2 heterocycles. The van der Waals surface area contributed by atoms with Crippen molar-refractivity contribution in [3.8, 4) is 0 Å². The predicted octanol–water partition coefficient (Wildman–Crippen LogP) is 5.43. The van der Waals surface area contributed by atoms with Gasteiger partial charge in [0.2, 0.25) is 0 Å². The van der Waals surface area contributed by atoms with E-state index in [1.807, 2.05) is 31.2 Å². The molecule has 0 saturated heterocycles. The van der Waals surface area contributed by atoms with Crippen LogP contribution in [0.5, 0.6) is 0 Å². The molecule has 0 saturated carbocycles. The summed E-state index contributed by atoms with van der Waals surface area (Å²) in [5.74, 6) is -0.841. The van der Waals surface area contributed by atoms with Crippen molar-refractivity contribution < 1.29 is 14.0 Å². The molecule has 4 aromatic rings. The number of nitrogens with one attached hydrogen (secondary N) is 2. The first-order valence-electron chi connectivity index (χ1n) is 9.51. The van der Waals surface area contributed by atoms with Gasteiger partial charge >= 0.3 is 0 Å². The molecule has 1 aliphatic heterocycles. The zero-order valence-electron chi connectivity index (χ0n) is 16.0. The minimum Gasteiger partial charge on any atom is -0.341 e. The predicted molar refractivity (Wildman–Crippen MR) is 117 cm³/mol. The van der Waals surface area contributed by atoms with E-state index < -0.39 is 0 Å². The van der Waals surface area contributed by atoms with E-state index in [4.69, 9.17) is 0 Å². The molecule has 3 aromatic carbocycles. The molecule has 0 spiro atoms. The van der Waals surface area contributed by atoms with E-state index in [9.17, 15) is 14.0 Å². The van der Waals surface area contributed by atoms with Gasteiger partial charge in [-0.05, 0) is 36.2 Å². The molecule has 0 fully saturated rings. The zero-order chi connectivity index (χ0) is 20.8. The molecule has 1 aromatic heterocycles. The van der Waals surface area contributed by atoms with Crippen LogP contribution in [-0.4, -0.2) is 11.8 Å². The molecule has 2 N–H and O–H groups in total. The Balaban J connectivity index is 1.57. The standard InChI is InChI=1S/C24H17FN2O2S/c1-13-6-2-3-7-14(13)21-20-16(23(28)27-21)9-5-11-19(20)26-24(29)17-12-30-22-15(17)8-4-10-18(22)25/h2-12,21H,1H3,(H,26,29)(H,27,28). The Bertz CT molecular complexity index is 1330. The van der Waals surface area contributed by atoms with Gasteiger partial charge in [0.25, 0.3) is 11.8 Å². The van der Waals surface area contributed by atoms with E-state index in [1.54, 1.807) is 35.7 Å². The van der Waals surface area contributed by atoms with Crippen LogP contribution in [0.4, 0.5) is 10.1 Å². The molecular weight excluding hydrogens is 399 g/mol. The van der Waals surface area contributed by atoms with Crippen LogP contribution >= 0.6 is 11.3 Å². The monoisotopic (exact) mass is 416 g/mol. The second-order valence-electron chi connectivity index (χ2n) is 7.25. The van der Waals surface area contributed by atoms with E-state index in [0.717, 1.165) is 16.7 Å². The van der Waals surface area contributed by atoms with Crippen molar-refractivity contribution in [2.24, 2.45) is 0 Å². The lowest BCUT2D eigenvalue weighted by molar-refractivity contribution is 0.0959. The zero-order valence-corrected chi connectivity index (χ0v) is 16.8. The highest BCUT2D eigenvalue weighted by molar-refractivity contribution is 7.17. The fourth-order valence-electron chi connectivity index (χ4n) is 4.00. The summed E-state index contributed by atoms with van der Waals surface area (Å²) < 4.78 is 14.5. The molecule has 2 amide bonds. The molecule has 0 aliphatic carbocycles. The lowest BCUT2D eigenvalue weighted by Gasteiger charge is -2.18. The van der Waals surface area contributed by atoms with Crippen molar-refractivity contribution in [2.75, 3.05) is 5.32 Å². The van der Waals surface area contributed by atoms with Crippen molar-refractivity contribution in [1.82, 2.24) is 5.32 Å². The maximum atomic E-state index is 14.0. The maximum absolute atomic E-state index is 14.0. The molecular formula is C24H17FN2O2S. The number of rotatable bonds is 3. The third-order valence-electron chi connectivity index (χ3n) is 5.46. The number of halogens is 1. The van der Waals surface area contributed by atoms with Crippen LogP contribution in [0.25, 0.3) is 10.1 Å². The number of thiophene rings is 1. The third-order valence-corrected chi connectivity index (χ3v) is 6.46. The van der Waals surface area contributed by atoms with Crippen LogP contribution in [0.3, 0.4) is 0 Å². The molecule has 5 rings (SSSR count). The smallest absolute Gasteiger partial charge is 0.257 e. The Morgan fingerprint density at radius 3 is 2.70 bits per heavy atom. The van der Waals surface area contributed by atoms with Gasteiger partial charge in [0.15, 0.2) is 0 Å². The second kappa shape index (κ2) is 7.07. The Labute approximate surface area is 176 Å². The van der Waals surface area contributed by atoms with E-state index >= 15 is 0 Å². The number of fused-ring (bicyclic) bond motifs is 2. The Hall–Kier alpha value is -3.51. The average Bonchev–Trinajstić information content (AvgIpc) is 3.32. The fourth-order valence-corrected chi connectivity index (χ4v) is 4.95. The summed E-state index contributed by atoms with van der Waals surface area (Å²) >= 11 is 1.20. The van der Waals surface area contributed by atoms with Crippen molar-refractivity contribution in [1.29, 1.82) is 0 Å². The van der Waals surface area contributed by atoms with Crippen LogP contribution in [0.1, 0.15) is 43.4 Å². The van der Waals surface area contributed by atoms with Gasteiger partial charge < -0.3 is 10.6 Å². The number of amides is 2. The fraction of sp³-hybridized carbons (Fsp3) is 0.0833. The highest BCUT2D eigenvalue weighted by atomic mass is 32.1. The van der Waals surface area contributed by atoms with Crippen LogP contribution in [-0.2, 0) is 0 Å². The van der Waals surface area contributed by atoms with E-state index in [-0.39, 0.29) is 23.7 Å². The van der Waals surface area contributed by atoms with Gasteiger partial charge in [-0.15, -0.1) is 11.3 Å². The molecule has 1 unspecified atom stereocenters. The minimum atomic E-state index is -0.345. The summed E-state index contributed by atoms with van der Waals surface area (Å²) in [4.78, 5) is 25.6. The van der Waals surface area contributed by atoms with Crippen LogP contribution in [0.15, 0.2) is 66.0 Å². The topological polar surface area (TPSA) is 58.2 Å². The molecule has 0 radical (unpaired) electrons. The van der Waals surface area contributed by atoms with Crippen LogP contribution < -0.4 is 10.6 Å². The molecule has 148 valence electrons. The maximum Gasteiger partial charge on any atom is 0.257 e. The first-order valence-corrected chi connectivity index (χ1v) is 10.4. The Morgan fingerprint density at radius 1 is 1.07 bits per heavy atom. The first kappa shape index (κ1) is 18.5.